The first kappa shape index (κ1) is 15.7. The molecule has 0 aromatic heterocycles. The minimum absolute atomic E-state index is 0.0729. The van der Waals surface area contributed by atoms with Gasteiger partial charge in [-0.05, 0) is 29.5 Å². The number of carbonyl (C=O) groups excluding carboxylic acids is 1. The monoisotopic (exact) mass is 264 g/mol. The molecule has 4 nitrogen and oxygen atoms in total. The Balaban J connectivity index is 2.53. The van der Waals surface area contributed by atoms with Crippen LogP contribution >= 0.6 is 0 Å². The first-order valence-electron chi connectivity index (χ1n) is 6.54. The molecule has 19 heavy (non-hydrogen) atoms. The lowest BCUT2D eigenvalue weighted by Crippen LogP contribution is -2.38. The zero-order valence-electron chi connectivity index (χ0n) is 12.5. The van der Waals surface area contributed by atoms with Crippen LogP contribution in [0.2, 0.25) is 0 Å². The molecular formula is C15H24N2O2. The first-order valence-corrected chi connectivity index (χ1v) is 6.54. The third-order valence-corrected chi connectivity index (χ3v) is 2.88. The Morgan fingerprint density at radius 2 is 2.05 bits per heavy atom. The van der Waals surface area contributed by atoms with E-state index in [2.05, 4.69) is 44.4 Å². The quantitative estimate of drug-likeness (QED) is 0.801. The van der Waals surface area contributed by atoms with Crippen LogP contribution in [0.4, 0.5) is 0 Å². The van der Waals surface area contributed by atoms with E-state index in [0.29, 0.717) is 12.5 Å². The fraction of sp³-hybridized carbons (Fsp3) is 0.533. The number of carbonyl (C=O) groups is 1. The smallest absolute Gasteiger partial charge is 0.260 e. The molecule has 1 aromatic rings. The summed E-state index contributed by atoms with van der Waals surface area (Å²) in [5.74, 6) is 0.360. The minimum atomic E-state index is -0.136. The van der Waals surface area contributed by atoms with E-state index < -0.39 is 0 Å². The first-order chi connectivity index (χ1) is 8.90. The zero-order chi connectivity index (χ0) is 14.4. The topological polar surface area (TPSA) is 41.6 Å². The Bertz CT molecular complexity index is 428. The van der Waals surface area contributed by atoms with Gasteiger partial charge in [-0.2, -0.15) is 0 Å². The molecule has 0 aliphatic heterocycles. The lowest BCUT2D eigenvalue weighted by atomic mass is 9.98. The van der Waals surface area contributed by atoms with E-state index >= 15 is 0 Å². The molecule has 0 saturated heterocycles. The average Bonchev–Trinajstić information content (AvgIpc) is 2.30. The van der Waals surface area contributed by atoms with Crippen molar-refractivity contribution in [2.45, 2.75) is 33.3 Å². The van der Waals surface area contributed by atoms with Crippen molar-refractivity contribution in [1.29, 1.82) is 0 Å². The third kappa shape index (κ3) is 5.41. The van der Waals surface area contributed by atoms with Crippen LogP contribution in [0.3, 0.4) is 0 Å². The van der Waals surface area contributed by atoms with Gasteiger partial charge < -0.3 is 4.74 Å². The summed E-state index contributed by atoms with van der Waals surface area (Å²) in [4.78, 5) is 11.4. The van der Waals surface area contributed by atoms with Gasteiger partial charge in [0.25, 0.3) is 5.91 Å². The summed E-state index contributed by atoms with van der Waals surface area (Å²) < 4.78 is 5.46. The molecule has 0 unspecified atom stereocenters. The van der Waals surface area contributed by atoms with Gasteiger partial charge in [0.05, 0.1) is 6.61 Å². The summed E-state index contributed by atoms with van der Waals surface area (Å²) >= 11 is 0. The van der Waals surface area contributed by atoms with Crippen molar-refractivity contribution >= 4 is 5.91 Å². The van der Waals surface area contributed by atoms with Crippen LogP contribution in [-0.4, -0.2) is 31.6 Å². The Morgan fingerprint density at radius 3 is 2.63 bits per heavy atom. The number of hydrogen-bond donors (Lipinski definition) is 1. The molecular weight excluding hydrogens is 240 g/mol. The largest absolute Gasteiger partial charge is 0.367 e. The molecule has 0 bridgehead atoms. The molecule has 1 aromatic carbocycles. The molecule has 0 aliphatic rings. The fourth-order valence-electron chi connectivity index (χ4n) is 1.74. The maximum absolute atomic E-state index is 11.4. The Morgan fingerprint density at radius 1 is 1.37 bits per heavy atom. The van der Waals surface area contributed by atoms with E-state index in [0.717, 1.165) is 5.56 Å². The van der Waals surface area contributed by atoms with Gasteiger partial charge in [-0.25, -0.2) is 5.01 Å². The second kappa shape index (κ2) is 7.26. The molecule has 0 atom stereocenters. The van der Waals surface area contributed by atoms with Crippen molar-refractivity contribution in [2.24, 2.45) is 0 Å². The summed E-state index contributed by atoms with van der Waals surface area (Å²) in [5, 5.41) is 1.61. The van der Waals surface area contributed by atoms with Gasteiger partial charge in [0.1, 0.15) is 6.61 Å². The minimum Gasteiger partial charge on any atom is -0.367 e. The summed E-state index contributed by atoms with van der Waals surface area (Å²) in [6.07, 6.45) is 0. The van der Waals surface area contributed by atoms with Gasteiger partial charge in [-0.3, -0.25) is 10.2 Å². The second-order valence-electron chi connectivity index (χ2n) is 5.26. The van der Waals surface area contributed by atoms with E-state index in [-0.39, 0.29) is 12.5 Å². The van der Waals surface area contributed by atoms with Crippen LogP contribution in [0.1, 0.15) is 36.5 Å². The number of nitrogens with zero attached hydrogens (tertiary/aromatic N) is 1. The van der Waals surface area contributed by atoms with Crippen LogP contribution in [-0.2, 0) is 16.1 Å². The molecule has 0 saturated carbocycles. The van der Waals surface area contributed by atoms with E-state index in [4.69, 9.17) is 4.74 Å². The van der Waals surface area contributed by atoms with Crippen LogP contribution in [0.5, 0.6) is 0 Å². The van der Waals surface area contributed by atoms with Crippen molar-refractivity contribution in [2.75, 3.05) is 20.7 Å². The number of nitrogens with one attached hydrogen (secondary N) is 1. The highest BCUT2D eigenvalue weighted by atomic mass is 16.5. The molecule has 0 heterocycles. The maximum atomic E-state index is 11.4. The van der Waals surface area contributed by atoms with Crippen LogP contribution in [0, 0.1) is 6.92 Å². The fourth-order valence-corrected chi connectivity index (χ4v) is 1.74. The number of rotatable bonds is 6. The van der Waals surface area contributed by atoms with Crippen molar-refractivity contribution in [3.63, 3.8) is 0 Å². The number of benzene rings is 1. The van der Waals surface area contributed by atoms with Gasteiger partial charge in [-0.15, -0.1) is 0 Å². The van der Waals surface area contributed by atoms with E-state index in [1.54, 1.807) is 19.1 Å². The lowest BCUT2D eigenvalue weighted by Gasteiger charge is -2.13. The second-order valence-corrected chi connectivity index (χ2v) is 5.26. The van der Waals surface area contributed by atoms with Crippen molar-refractivity contribution in [3.8, 4) is 0 Å². The van der Waals surface area contributed by atoms with Crippen molar-refractivity contribution in [3.05, 3.63) is 34.9 Å². The Labute approximate surface area is 115 Å². The van der Waals surface area contributed by atoms with Crippen LogP contribution in [0.25, 0.3) is 0 Å². The summed E-state index contributed by atoms with van der Waals surface area (Å²) in [7, 11) is 3.54. The predicted molar refractivity (Wildman–Crippen MR) is 76.8 cm³/mol. The molecule has 0 spiro atoms. The number of hydrogen-bond acceptors (Lipinski definition) is 3. The number of amides is 1. The van der Waals surface area contributed by atoms with Gasteiger partial charge in [-0.1, -0.05) is 32.0 Å². The highest BCUT2D eigenvalue weighted by Crippen LogP contribution is 2.19. The zero-order valence-corrected chi connectivity index (χ0v) is 12.5. The van der Waals surface area contributed by atoms with Crippen molar-refractivity contribution < 1.29 is 9.53 Å². The standard InChI is InChI=1S/C15H24N2O2/c1-11(2)13-7-6-12(3)14(8-13)9-19-10-15(18)16-17(4)5/h6-8,11H,9-10H2,1-5H3,(H,16,18). The van der Waals surface area contributed by atoms with Crippen LogP contribution < -0.4 is 5.43 Å². The van der Waals surface area contributed by atoms with Crippen LogP contribution in [0.15, 0.2) is 18.2 Å². The third-order valence-electron chi connectivity index (χ3n) is 2.88. The average molecular weight is 264 g/mol. The summed E-state index contributed by atoms with van der Waals surface area (Å²) in [5.41, 5.74) is 6.27. The molecule has 106 valence electrons. The van der Waals surface area contributed by atoms with Gasteiger partial charge in [0.15, 0.2) is 0 Å². The Kier molecular flexibility index (Phi) is 5.99. The SMILES string of the molecule is Cc1ccc(C(C)C)cc1COCC(=O)NN(C)C. The summed E-state index contributed by atoms with van der Waals surface area (Å²) in [6.45, 7) is 6.93. The lowest BCUT2D eigenvalue weighted by molar-refractivity contribution is -0.129. The molecule has 0 fully saturated rings. The molecule has 0 aliphatic carbocycles. The van der Waals surface area contributed by atoms with Crippen molar-refractivity contribution in [1.82, 2.24) is 10.4 Å². The van der Waals surface area contributed by atoms with E-state index in [9.17, 15) is 4.79 Å². The molecule has 0 radical (unpaired) electrons. The molecule has 4 heteroatoms. The molecule has 1 N–H and O–H groups in total. The number of ether oxygens (including phenoxy) is 1. The Hall–Kier alpha value is -1.39. The van der Waals surface area contributed by atoms with Gasteiger partial charge in [0, 0.05) is 14.1 Å². The van der Waals surface area contributed by atoms with Gasteiger partial charge >= 0.3 is 0 Å². The maximum Gasteiger partial charge on any atom is 0.260 e. The number of aryl methyl sites for hydroxylation is 1. The van der Waals surface area contributed by atoms with E-state index in [1.165, 1.54) is 11.1 Å². The molecule has 1 amide bonds. The highest BCUT2D eigenvalue weighted by Gasteiger charge is 2.06. The highest BCUT2D eigenvalue weighted by molar-refractivity contribution is 5.76. The molecule has 1 rings (SSSR count). The van der Waals surface area contributed by atoms with Gasteiger partial charge in [0.2, 0.25) is 0 Å². The van der Waals surface area contributed by atoms with E-state index in [1.807, 2.05) is 0 Å². The number of hydrazine groups is 1. The normalized spacial score (nSPS) is 11.1. The summed E-state index contributed by atoms with van der Waals surface area (Å²) in [6, 6.07) is 6.40. The predicted octanol–water partition coefficient (Wildman–Crippen LogP) is 2.23.